The average molecular weight is 458 g/mol. The van der Waals surface area contributed by atoms with Crippen molar-refractivity contribution in [3.8, 4) is 5.88 Å². The van der Waals surface area contributed by atoms with Crippen molar-refractivity contribution < 1.29 is 28.6 Å². The van der Waals surface area contributed by atoms with Gasteiger partial charge in [-0.3, -0.25) is 4.79 Å². The molecule has 0 radical (unpaired) electrons. The zero-order valence-corrected chi connectivity index (χ0v) is 19.0. The Labute approximate surface area is 193 Å². The van der Waals surface area contributed by atoms with E-state index in [4.69, 9.17) is 14.2 Å². The zero-order valence-electron chi connectivity index (χ0n) is 19.0. The van der Waals surface area contributed by atoms with E-state index in [1.54, 1.807) is 18.3 Å². The van der Waals surface area contributed by atoms with E-state index in [0.29, 0.717) is 25.3 Å². The lowest BCUT2D eigenvalue weighted by molar-refractivity contribution is -0.145. The summed E-state index contributed by atoms with van der Waals surface area (Å²) in [5.74, 6) is -0.282. The van der Waals surface area contributed by atoms with Crippen LogP contribution >= 0.6 is 0 Å². The molecule has 2 rings (SSSR count). The molecule has 9 heteroatoms. The third kappa shape index (κ3) is 10.0. The van der Waals surface area contributed by atoms with Crippen LogP contribution in [0.15, 0.2) is 48.7 Å². The monoisotopic (exact) mass is 457 g/mol. The Bertz CT molecular complexity index is 874. The average Bonchev–Trinajstić information content (AvgIpc) is 2.85. The van der Waals surface area contributed by atoms with Gasteiger partial charge in [0.2, 0.25) is 11.8 Å². The maximum atomic E-state index is 12.3. The largest absolute Gasteiger partial charge is 0.481 e. The molecule has 33 heavy (non-hydrogen) atoms. The molecule has 0 bridgehead atoms. The van der Waals surface area contributed by atoms with Crippen molar-refractivity contribution in [1.82, 2.24) is 15.6 Å². The van der Waals surface area contributed by atoms with Gasteiger partial charge in [0.15, 0.2) is 0 Å². The molecule has 1 heterocycles. The number of esters is 1. The van der Waals surface area contributed by atoms with E-state index < -0.39 is 18.1 Å². The number of hydrogen-bond donors (Lipinski definition) is 2. The highest BCUT2D eigenvalue weighted by Gasteiger charge is 2.22. The highest BCUT2D eigenvalue weighted by atomic mass is 16.5. The number of nitrogens with zero attached hydrogens (tertiary/aromatic N) is 1. The Hall–Kier alpha value is -3.62. The predicted molar refractivity (Wildman–Crippen MR) is 122 cm³/mol. The maximum Gasteiger partial charge on any atom is 0.407 e. The first-order valence-corrected chi connectivity index (χ1v) is 10.8. The molecule has 1 atom stereocenters. The smallest absolute Gasteiger partial charge is 0.407 e. The van der Waals surface area contributed by atoms with E-state index >= 15 is 0 Å². The number of alkyl carbamates (subject to hydrolysis) is 1. The van der Waals surface area contributed by atoms with E-state index in [-0.39, 0.29) is 25.4 Å². The number of ether oxygens (including phenoxy) is 3. The number of rotatable bonds is 13. The molecular weight excluding hydrogens is 426 g/mol. The topological polar surface area (TPSA) is 116 Å². The van der Waals surface area contributed by atoms with Gasteiger partial charge in [-0.15, -0.1) is 0 Å². The fourth-order valence-electron chi connectivity index (χ4n) is 3.04. The van der Waals surface area contributed by atoms with Gasteiger partial charge in [0.1, 0.15) is 12.6 Å². The first-order valence-electron chi connectivity index (χ1n) is 10.8. The molecule has 1 aromatic heterocycles. The van der Waals surface area contributed by atoms with Gasteiger partial charge in [-0.05, 0) is 24.0 Å². The summed E-state index contributed by atoms with van der Waals surface area (Å²) >= 11 is 0. The molecule has 0 spiro atoms. The summed E-state index contributed by atoms with van der Waals surface area (Å²) in [5.41, 5.74) is 1.70. The molecule has 2 amide bonds. The number of aromatic nitrogens is 1. The third-order valence-electron chi connectivity index (χ3n) is 4.83. The van der Waals surface area contributed by atoms with Gasteiger partial charge in [0, 0.05) is 31.6 Å². The fourth-order valence-corrected chi connectivity index (χ4v) is 3.04. The quantitative estimate of drug-likeness (QED) is 0.351. The highest BCUT2D eigenvalue weighted by molar-refractivity contribution is 5.84. The molecular formula is C24H31N3O6. The number of hydrogen-bond acceptors (Lipinski definition) is 7. The number of nitrogens with one attached hydrogen (secondary N) is 2. The predicted octanol–water partition coefficient (Wildman–Crippen LogP) is 2.78. The second-order valence-corrected chi connectivity index (χ2v) is 7.36. The number of carbonyl (C=O) groups excluding carboxylic acids is 3. The molecule has 0 aliphatic heterocycles. The van der Waals surface area contributed by atoms with E-state index in [2.05, 4.69) is 15.6 Å². The SMILES string of the molecule is COC(=O)[C@H](Cc1ccc(OC)nc1)NC(=O)CCCCCNC(=O)OCc1ccccc1. The van der Waals surface area contributed by atoms with Crippen LogP contribution in [0.3, 0.4) is 0 Å². The van der Waals surface area contributed by atoms with Crippen molar-refractivity contribution >= 4 is 18.0 Å². The van der Waals surface area contributed by atoms with Crippen LogP contribution in [0.5, 0.6) is 5.88 Å². The van der Waals surface area contributed by atoms with Gasteiger partial charge < -0.3 is 24.8 Å². The Morgan fingerprint density at radius 1 is 0.970 bits per heavy atom. The Balaban J connectivity index is 1.62. The van der Waals surface area contributed by atoms with Gasteiger partial charge in [-0.25, -0.2) is 14.6 Å². The Morgan fingerprint density at radius 2 is 1.76 bits per heavy atom. The summed E-state index contributed by atoms with van der Waals surface area (Å²) < 4.78 is 15.0. The second kappa shape index (κ2) is 14.4. The molecule has 2 N–H and O–H groups in total. The Kier molecular flexibility index (Phi) is 11.2. The summed E-state index contributed by atoms with van der Waals surface area (Å²) in [7, 11) is 2.80. The molecule has 0 aliphatic rings. The van der Waals surface area contributed by atoms with Gasteiger partial charge >= 0.3 is 12.1 Å². The minimum Gasteiger partial charge on any atom is -0.481 e. The van der Waals surface area contributed by atoms with Crippen molar-refractivity contribution in [2.75, 3.05) is 20.8 Å². The number of pyridine rings is 1. The van der Waals surface area contributed by atoms with Crippen molar-refractivity contribution in [3.63, 3.8) is 0 Å². The van der Waals surface area contributed by atoms with Crippen LogP contribution in [0, 0.1) is 0 Å². The normalized spacial score (nSPS) is 11.2. The summed E-state index contributed by atoms with van der Waals surface area (Å²) in [6.45, 7) is 0.686. The minimum absolute atomic E-state index is 0.223. The fraction of sp³-hybridized carbons (Fsp3) is 0.417. The number of amides is 2. The van der Waals surface area contributed by atoms with E-state index in [1.807, 2.05) is 30.3 Å². The summed E-state index contributed by atoms with van der Waals surface area (Å²) in [6, 6.07) is 12.1. The molecule has 9 nitrogen and oxygen atoms in total. The minimum atomic E-state index is -0.793. The summed E-state index contributed by atoms with van der Waals surface area (Å²) in [4.78, 5) is 40.2. The third-order valence-corrected chi connectivity index (χ3v) is 4.83. The first kappa shape index (κ1) is 25.6. The number of methoxy groups -OCH3 is 2. The standard InChI is InChI=1S/C24H31N3O6/c1-31-22-13-12-19(16-26-22)15-20(23(29)32-2)27-21(28)11-7-4-8-14-25-24(30)33-17-18-9-5-3-6-10-18/h3,5-6,9-10,12-13,16,20H,4,7-8,11,14-15,17H2,1-2H3,(H,25,30)(H,27,28)/t20-/m0/s1. The molecule has 1 aromatic carbocycles. The van der Waals surface area contributed by atoms with Crippen molar-refractivity contribution in [1.29, 1.82) is 0 Å². The van der Waals surface area contributed by atoms with E-state index in [1.165, 1.54) is 14.2 Å². The lowest BCUT2D eigenvalue weighted by Crippen LogP contribution is -2.43. The van der Waals surface area contributed by atoms with Crippen LogP contribution < -0.4 is 15.4 Å². The van der Waals surface area contributed by atoms with Gasteiger partial charge in [0.05, 0.1) is 14.2 Å². The molecule has 0 fully saturated rings. The molecule has 178 valence electrons. The van der Waals surface area contributed by atoms with Crippen LogP contribution in [0.4, 0.5) is 4.79 Å². The van der Waals surface area contributed by atoms with Crippen LogP contribution in [0.25, 0.3) is 0 Å². The summed E-state index contributed by atoms with van der Waals surface area (Å²) in [5, 5.41) is 5.42. The number of unbranched alkanes of at least 4 members (excludes halogenated alkanes) is 2. The Morgan fingerprint density at radius 3 is 2.42 bits per heavy atom. The molecule has 0 saturated carbocycles. The second-order valence-electron chi connectivity index (χ2n) is 7.36. The van der Waals surface area contributed by atoms with E-state index in [9.17, 15) is 14.4 Å². The first-order chi connectivity index (χ1) is 16.0. The van der Waals surface area contributed by atoms with Crippen molar-refractivity contribution in [2.45, 2.75) is 44.8 Å². The number of carbonyl (C=O) groups is 3. The highest BCUT2D eigenvalue weighted by Crippen LogP contribution is 2.10. The molecule has 0 saturated heterocycles. The van der Waals surface area contributed by atoms with Crippen LogP contribution in [-0.2, 0) is 32.1 Å². The lowest BCUT2D eigenvalue weighted by Gasteiger charge is -2.16. The maximum absolute atomic E-state index is 12.3. The van der Waals surface area contributed by atoms with Crippen molar-refractivity contribution in [3.05, 3.63) is 59.8 Å². The van der Waals surface area contributed by atoms with Crippen LogP contribution in [0.1, 0.15) is 36.8 Å². The molecule has 2 aromatic rings. The molecule has 0 aliphatic carbocycles. The zero-order chi connectivity index (χ0) is 23.9. The lowest BCUT2D eigenvalue weighted by atomic mass is 10.1. The summed E-state index contributed by atoms with van der Waals surface area (Å²) in [6.07, 6.45) is 3.76. The molecule has 0 unspecified atom stereocenters. The number of benzene rings is 1. The van der Waals surface area contributed by atoms with Gasteiger partial charge in [0.25, 0.3) is 0 Å². The van der Waals surface area contributed by atoms with Crippen molar-refractivity contribution in [2.24, 2.45) is 0 Å². The van der Waals surface area contributed by atoms with Gasteiger partial charge in [-0.2, -0.15) is 0 Å². The van der Waals surface area contributed by atoms with Crippen LogP contribution in [0.2, 0.25) is 0 Å². The van der Waals surface area contributed by atoms with Gasteiger partial charge in [-0.1, -0.05) is 42.8 Å². The van der Waals surface area contributed by atoms with Crippen LogP contribution in [-0.4, -0.2) is 49.8 Å². The van der Waals surface area contributed by atoms with E-state index in [0.717, 1.165) is 17.5 Å².